The predicted molar refractivity (Wildman–Crippen MR) is 84.3 cm³/mol. The van der Waals surface area contributed by atoms with Gasteiger partial charge in [-0.05, 0) is 46.6 Å². The summed E-state index contributed by atoms with van der Waals surface area (Å²) in [6.07, 6.45) is 1.34. The summed E-state index contributed by atoms with van der Waals surface area (Å²) in [6.45, 7) is 13.0. The highest BCUT2D eigenvalue weighted by Crippen LogP contribution is 2.22. The van der Waals surface area contributed by atoms with Gasteiger partial charge in [0.1, 0.15) is 5.54 Å². The first-order chi connectivity index (χ1) is 9.82. The normalized spacial score (nSPS) is 26.6. The van der Waals surface area contributed by atoms with Gasteiger partial charge in [-0.15, -0.1) is 0 Å². The second kappa shape index (κ2) is 8.11. The monoisotopic (exact) mass is 300 g/mol. The van der Waals surface area contributed by atoms with E-state index in [1.165, 1.54) is 0 Å². The average Bonchev–Trinajstić information content (AvgIpc) is 2.40. The third-order valence-corrected chi connectivity index (χ3v) is 4.15. The maximum absolute atomic E-state index is 12.3. The number of carbonyl (C=O) groups is 1. The van der Waals surface area contributed by atoms with E-state index in [1.54, 1.807) is 7.11 Å². The van der Waals surface area contributed by atoms with Crippen LogP contribution in [-0.2, 0) is 14.3 Å². The van der Waals surface area contributed by atoms with Gasteiger partial charge in [0.25, 0.3) is 0 Å². The highest BCUT2D eigenvalue weighted by Gasteiger charge is 2.39. The molecule has 1 heterocycles. The van der Waals surface area contributed by atoms with Crippen LogP contribution in [0.1, 0.15) is 41.0 Å². The number of likely N-dealkylation sites (tertiary alicyclic amines) is 1. The quantitative estimate of drug-likeness (QED) is 0.725. The van der Waals surface area contributed by atoms with Crippen LogP contribution in [0.25, 0.3) is 0 Å². The van der Waals surface area contributed by atoms with Crippen molar-refractivity contribution in [1.29, 1.82) is 0 Å². The van der Waals surface area contributed by atoms with E-state index in [4.69, 9.17) is 9.47 Å². The molecule has 0 bridgehead atoms. The fraction of sp³-hybridized carbons (Fsp3) is 0.938. The Morgan fingerprint density at radius 1 is 1.48 bits per heavy atom. The van der Waals surface area contributed by atoms with Gasteiger partial charge in [-0.25, -0.2) is 0 Å². The third kappa shape index (κ3) is 5.24. The Labute approximate surface area is 129 Å². The number of carbonyl (C=O) groups excluding carboxylic acids is 1. The van der Waals surface area contributed by atoms with Crippen molar-refractivity contribution in [2.24, 2.45) is 5.92 Å². The Bertz CT molecular complexity index is 335. The molecule has 1 saturated heterocycles. The van der Waals surface area contributed by atoms with Gasteiger partial charge in [-0.2, -0.15) is 0 Å². The van der Waals surface area contributed by atoms with E-state index in [0.29, 0.717) is 19.1 Å². The lowest BCUT2D eigenvalue weighted by Crippen LogP contribution is -2.61. The number of nitrogens with one attached hydrogen (secondary N) is 1. The van der Waals surface area contributed by atoms with Gasteiger partial charge < -0.3 is 9.47 Å². The van der Waals surface area contributed by atoms with E-state index >= 15 is 0 Å². The molecular weight excluding hydrogens is 268 g/mol. The maximum atomic E-state index is 12.3. The Morgan fingerprint density at radius 3 is 2.67 bits per heavy atom. The molecule has 0 saturated carbocycles. The Kier molecular flexibility index (Phi) is 7.10. The topological polar surface area (TPSA) is 50.8 Å². The third-order valence-electron chi connectivity index (χ3n) is 4.15. The number of piperidine rings is 1. The van der Waals surface area contributed by atoms with Gasteiger partial charge >= 0.3 is 5.97 Å². The zero-order valence-electron chi connectivity index (χ0n) is 14.4. The minimum absolute atomic E-state index is 0.175. The first kappa shape index (κ1) is 18.4. The van der Waals surface area contributed by atoms with Crippen LogP contribution in [0.3, 0.4) is 0 Å². The van der Waals surface area contributed by atoms with Gasteiger partial charge in [0.15, 0.2) is 0 Å². The van der Waals surface area contributed by atoms with E-state index in [-0.39, 0.29) is 18.1 Å². The lowest BCUT2D eigenvalue weighted by Gasteiger charge is -2.41. The second-order valence-electron chi connectivity index (χ2n) is 6.63. The van der Waals surface area contributed by atoms with Crippen LogP contribution in [0.4, 0.5) is 0 Å². The van der Waals surface area contributed by atoms with Crippen molar-refractivity contribution in [1.82, 2.24) is 10.2 Å². The molecule has 0 spiro atoms. The Hall–Kier alpha value is -0.650. The summed E-state index contributed by atoms with van der Waals surface area (Å²) in [4.78, 5) is 14.7. The van der Waals surface area contributed by atoms with Crippen molar-refractivity contribution in [3.63, 3.8) is 0 Å². The minimum Gasteiger partial charge on any atom is -0.465 e. The summed E-state index contributed by atoms with van der Waals surface area (Å²) in [7, 11) is 1.77. The van der Waals surface area contributed by atoms with Crippen LogP contribution in [0, 0.1) is 5.92 Å². The summed E-state index contributed by atoms with van der Waals surface area (Å²) < 4.78 is 10.8. The molecule has 21 heavy (non-hydrogen) atoms. The van der Waals surface area contributed by atoms with Gasteiger partial charge in [0.2, 0.25) is 0 Å². The molecule has 1 aliphatic rings. The van der Waals surface area contributed by atoms with E-state index in [1.807, 2.05) is 27.7 Å². The molecule has 5 nitrogen and oxygen atoms in total. The standard InChI is InChI=1S/C16H32N2O3/c1-7-21-15(19)16(5,17-12(2)3)11-18-9-8-13(4)14(10-18)20-6/h12-14,17H,7-11H2,1-6H3. The summed E-state index contributed by atoms with van der Waals surface area (Å²) in [6, 6.07) is 0.223. The van der Waals surface area contributed by atoms with Crippen molar-refractivity contribution < 1.29 is 14.3 Å². The number of hydrogen-bond donors (Lipinski definition) is 1. The number of esters is 1. The summed E-state index contributed by atoms with van der Waals surface area (Å²) in [5.74, 6) is 0.393. The second-order valence-corrected chi connectivity index (χ2v) is 6.63. The number of rotatable bonds is 7. The molecule has 0 aromatic rings. The van der Waals surface area contributed by atoms with Gasteiger partial charge in [-0.1, -0.05) is 6.92 Å². The summed E-state index contributed by atoms with van der Waals surface area (Å²) in [5.41, 5.74) is -0.678. The minimum atomic E-state index is -0.678. The number of nitrogens with zero attached hydrogens (tertiary/aromatic N) is 1. The zero-order valence-corrected chi connectivity index (χ0v) is 14.4. The largest absolute Gasteiger partial charge is 0.465 e. The van der Waals surface area contributed by atoms with Crippen molar-refractivity contribution in [3.05, 3.63) is 0 Å². The summed E-state index contributed by atoms with van der Waals surface area (Å²) in [5, 5.41) is 3.38. The van der Waals surface area contributed by atoms with Gasteiger partial charge in [0, 0.05) is 26.2 Å². The molecule has 3 unspecified atom stereocenters. The molecule has 3 atom stereocenters. The number of hydrogen-bond acceptors (Lipinski definition) is 5. The van der Waals surface area contributed by atoms with E-state index < -0.39 is 5.54 Å². The van der Waals surface area contributed by atoms with Crippen LogP contribution in [0.2, 0.25) is 0 Å². The van der Waals surface area contributed by atoms with Crippen molar-refractivity contribution in [2.75, 3.05) is 33.4 Å². The average molecular weight is 300 g/mol. The smallest absolute Gasteiger partial charge is 0.327 e. The number of methoxy groups -OCH3 is 1. The SMILES string of the molecule is CCOC(=O)C(C)(CN1CCC(C)C(OC)C1)NC(C)C. The van der Waals surface area contributed by atoms with Crippen molar-refractivity contribution >= 4 is 5.97 Å². The fourth-order valence-corrected chi connectivity index (χ4v) is 3.09. The zero-order chi connectivity index (χ0) is 16.0. The van der Waals surface area contributed by atoms with Crippen molar-refractivity contribution in [3.8, 4) is 0 Å². The maximum Gasteiger partial charge on any atom is 0.327 e. The molecule has 1 N–H and O–H groups in total. The van der Waals surface area contributed by atoms with Gasteiger partial charge in [0.05, 0.1) is 12.7 Å². The van der Waals surface area contributed by atoms with Gasteiger partial charge in [-0.3, -0.25) is 15.0 Å². The number of ether oxygens (including phenoxy) is 2. The van der Waals surface area contributed by atoms with E-state index in [9.17, 15) is 4.79 Å². The molecule has 0 aliphatic carbocycles. The Balaban J connectivity index is 2.74. The van der Waals surface area contributed by atoms with Crippen molar-refractivity contribution in [2.45, 2.75) is 58.7 Å². The van der Waals surface area contributed by atoms with E-state index in [2.05, 4.69) is 17.1 Å². The first-order valence-electron chi connectivity index (χ1n) is 8.02. The van der Waals surface area contributed by atoms with Crippen LogP contribution in [0.5, 0.6) is 0 Å². The molecule has 1 rings (SSSR count). The molecule has 124 valence electrons. The molecule has 1 aliphatic heterocycles. The van der Waals surface area contributed by atoms with Crippen LogP contribution < -0.4 is 5.32 Å². The summed E-state index contributed by atoms with van der Waals surface area (Å²) >= 11 is 0. The molecule has 0 radical (unpaired) electrons. The predicted octanol–water partition coefficient (Wildman–Crippen LogP) is 1.66. The molecule has 1 fully saturated rings. The highest BCUT2D eigenvalue weighted by atomic mass is 16.5. The fourth-order valence-electron chi connectivity index (χ4n) is 3.09. The first-order valence-corrected chi connectivity index (χ1v) is 8.02. The van der Waals surface area contributed by atoms with Crippen LogP contribution >= 0.6 is 0 Å². The molecule has 5 heteroatoms. The molecule has 0 aromatic heterocycles. The molecule has 0 aromatic carbocycles. The molecule has 0 amide bonds. The highest BCUT2D eigenvalue weighted by molar-refractivity contribution is 5.80. The lowest BCUT2D eigenvalue weighted by molar-refractivity contribution is -0.152. The van der Waals surface area contributed by atoms with E-state index in [0.717, 1.165) is 19.5 Å². The lowest BCUT2D eigenvalue weighted by atomic mass is 9.93. The Morgan fingerprint density at radius 2 is 2.14 bits per heavy atom. The van der Waals surface area contributed by atoms with Crippen LogP contribution in [0.15, 0.2) is 0 Å². The van der Waals surface area contributed by atoms with Crippen LogP contribution in [-0.4, -0.2) is 61.9 Å². The molecular formula is C16H32N2O3.